The lowest BCUT2D eigenvalue weighted by Crippen LogP contribution is -2.32. The number of esters is 1. The number of anilines is 1. The fourth-order valence-corrected chi connectivity index (χ4v) is 3.26. The molecule has 9 heteroatoms. The fourth-order valence-electron chi connectivity index (χ4n) is 1.67. The summed E-state index contributed by atoms with van der Waals surface area (Å²) in [6, 6.07) is 9.15. The molecule has 1 N–H and O–H groups in total. The Morgan fingerprint density at radius 2 is 2.04 bits per heavy atom. The van der Waals surface area contributed by atoms with Gasteiger partial charge in [0.05, 0.1) is 12.9 Å². The molecule has 0 aliphatic rings. The van der Waals surface area contributed by atoms with Crippen molar-refractivity contribution in [2.45, 2.75) is 23.8 Å². The van der Waals surface area contributed by atoms with Gasteiger partial charge >= 0.3 is 5.97 Å². The van der Waals surface area contributed by atoms with Crippen molar-refractivity contribution in [3.05, 3.63) is 30.3 Å². The minimum absolute atomic E-state index is 0.147. The summed E-state index contributed by atoms with van der Waals surface area (Å²) in [5.41, 5.74) is 0. The number of hydrogen-bond acceptors (Lipinski definition) is 8. The normalized spacial score (nSPS) is 11.6. The molecule has 1 aromatic carbocycles. The average molecular weight is 367 g/mol. The Bertz CT molecular complexity index is 678. The first-order chi connectivity index (χ1) is 11.6. The summed E-state index contributed by atoms with van der Waals surface area (Å²) in [5.74, 6) is 0.143. The highest BCUT2D eigenvalue weighted by Gasteiger charge is 2.20. The standard InChI is InChI=1S/C15H17N3O4S2/c1-3-11(22-10-7-5-4-6-8-10)13(20)16-14-17-18-15(24-14)23-9-12(19)21-2/h4-8,11H,3,9H2,1-2H3,(H,16,17,20)/t11-/m0/s1. The highest BCUT2D eigenvalue weighted by molar-refractivity contribution is 8.01. The lowest BCUT2D eigenvalue weighted by atomic mass is 10.2. The molecule has 2 aromatic rings. The van der Waals surface area contributed by atoms with Gasteiger partial charge in [-0.1, -0.05) is 48.2 Å². The van der Waals surface area contributed by atoms with Gasteiger partial charge in [0.2, 0.25) is 5.13 Å². The molecule has 0 unspecified atom stereocenters. The number of para-hydroxylation sites is 1. The number of nitrogens with one attached hydrogen (secondary N) is 1. The van der Waals surface area contributed by atoms with E-state index in [1.165, 1.54) is 30.2 Å². The molecule has 2 rings (SSSR count). The molecule has 0 spiro atoms. The van der Waals surface area contributed by atoms with E-state index < -0.39 is 6.10 Å². The largest absolute Gasteiger partial charge is 0.481 e. The molecule has 0 aliphatic carbocycles. The van der Waals surface area contributed by atoms with Crippen molar-refractivity contribution in [2.24, 2.45) is 0 Å². The Kier molecular flexibility index (Phi) is 7.01. The highest BCUT2D eigenvalue weighted by atomic mass is 32.2. The number of thioether (sulfide) groups is 1. The molecule has 0 aliphatic heterocycles. The molecule has 1 atom stereocenters. The van der Waals surface area contributed by atoms with Crippen molar-refractivity contribution in [3.63, 3.8) is 0 Å². The topological polar surface area (TPSA) is 90.4 Å². The van der Waals surface area contributed by atoms with Gasteiger partial charge in [0.15, 0.2) is 10.4 Å². The van der Waals surface area contributed by atoms with Crippen LogP contribution in [-0.2, 0) is 14.3 Å². The quantitative estimate of drug-likeness (QED) is 0.436. The van der Waals surface area contributed by atoms with Crippen LogP contribution in [0.1, 0.15) is 13.3 Å². The summed E-state index contributed by atoms with van der Waals surface area (Å²) in [5, 5.41) is 10.9. The fraction of sp³-hybridized carbons (Fsp3) is 0.333. The maximum atomic E-state index is 12.3. The molecule has 0 bridgehead atoms. The molecule has 24 heavy (non-hydrogen) atoms. The van der Waals surface area contributed by atoms with E-state index in [0.717, 1.165) is 0 Å². The van der Waals surface area contributed by atoms with E-state index in [0.29, 0.717) is 21.6 Å². The van der Waals surface area contributed by atoms with Crippen LogP contribution >= 0.6 is 23.1 Å². The number of carbonyl (C=O) groups is 2. The zero-order chi connectivity index (χ0) is 17.4. The van der Waals surface area contributed by atoms with Gasteiger partial charge in [-0.15, -0.1) is 10.2 Å². The first kappa shape index (κ1) is 18.2. The number of rotatable bonds is 8. The Labute approximate surface area is 147 Å². The van der Waals surface area contributed by atoms with Crippen LogP contribution in [0.15, 0.2) is 34.7 Å². The average Bonchev–Trinajstić information content (AvgIpc) is 3.05. The van der Waals surface area contributed by atoms with Gasteiger partial charge < -0.3 is 9.47 Å². The summed E-state index contributed by atoms with van der Waals surface area (Å²) >= 11 is 2.40. The summed E-state index contributed by atoms with van der Waals surface area (Å²) in [6.45, 7) is 1.87. The van der Waals surface area contributed by atoms with Crippen molar-refractivity contribution in [2.75, 3.05) is 18.2 Å². The number of amides is 1. The molecule has 1 aromatic heterocycles. The molecule has 0 saturated heterocycles. The number of ether oxygens (including phenoxy) is 2. The number of methoxy groups -OCH3 is 1. The summed E-state index contributed by atoms with van der Waals surface area (Å²) in [7, 11) is 1.33. The maximum absolute atomic E-state index is 12.3. The van der Waals surface area contributed by atoms with Crippen molar-refractivity contribution in [3.8, 4) is 5.75 Å². The van der Waals surface area contributed by atoms with E-state index in [1.54, 1.807) is 12.1 Å². The van der Waals surface area contributed by atoms with Gasteiger partial charge in [-0.25, -0.2) is 0 Å². The van der Waals surface area contributed by atoms with Crippen LogP contribution in [0.3, 0.4) is 0 Å². The molecular weight excluding hydrogens is 350 g/mol. The number of carbonyl (C=O) groups excluding carboxylic acids is 2. The number of nitrogens with zero attached hydrogens (tertiary/aromatic N) is 2. The smallest absolute Gasteiger partial charge is 0.316 e. The Morgan fingerprint density at radius 1 is 1.29 bits per heavy atom. The number of hydrogen-bond donors (Lipinski definition) is 1. The van der Waals surface area contributed by atoms with Crippen molar-refractivity contribution >= 4 is 40.1 Å². The lowest BCUT2D eigenvalue weighted by molar-refractivity contribution is -0.137. The van der Waals surface area contributed by atoms with Crippen molar-refractivity contribution in [1.82, 2.24) is 10.2 Å². The third-order valence-electron chi connectivity index (χ3n) is 2.86. The highest BCUT2D eigenvalue weighted by Crippen LogP contribution is 2.25. The van der Waals surface area contributed by atoms with Gasteiger partial charge in [0, 0.05) is 0 Å². The number of benzene rings is 1. The molecule has 1 heterocycles. The van der Waals surface area contributed by atoms with Crippen molar-refractivity contribution in [1.29, 1.82) is 0 Å². The third-order valence-corrected chi connectivity index (χ3v) is 4.81. The van der Waals surface area contributed by atoms with Crippen LogP contribution in [-0.4, -0.2) is 41.0 Å². The zero-order valence-electron chi connectivity index (χ0n) is 13.2. The van der Waals surface area contributed by atoms with E-state index in [9.17, 15) is 9.59 Å². The van der Waals surface area contributed by atoms with Crippen LogP contribution < -0.4 is 10.1 Å². The first-order valence-electron chi connectivity index (χ1n) is 7.18. The maximum Gasteiger partial charge on any atom is 0.316 e. The lowest BCUT2D eigenvalue weighted by Gasteiger charge is -2.16. The monoisotopic (exact) mass is 367 g/mol. The van der Waals surface area contributed by atoms with E-state index in [1.807, 2.05) is 25.1 Å². The predicted octanol–water partition coefficient (Wildman–Crippen LogP) is 2.60. The van der Waals surface area contributed by atoms with Crippen LogP contribution in [0, 0.1) is 0 Å². The molecule has 0 radical (unpaired) electrons. The molecule has 1 amide bonds. The first-order valence-corrected chi connectivity index (χ1v) is 8.98. The van der Waals surface area contributed by atoms with E-state index in [-0.39, 0.29) is 17.6 Å². The van der Waals surface area contributed by atoms with Gasteiger partial charge in [0.1, 0.15) is 5.75 Å². The van der Waals surface area contributed by atoms with Crippen LogP contribution in [0.2, 0.25) is 0 Å². The van der Waals surface area contributed by atoms with E-state index in [4.69, 9.17) is 4.74 Å². The van der Waals surface area contributed by atoms with Gasteiger partial charge in [-0.05, 0) is 18.6 Å². The SMILES string of the molecule is CC[C@H](Oc1ccccc1)C(=O)Nc1nnc(SCC(=O)OC)s1. The van der Waals surface area contributed by atoms with Gasteiger partial charge in [-0.3, -0.25) is 14.9 Å². The molecule has 0 saturated carbocycles. The third kappa shape index (κ3) is 5.50. The Balaban J connectivity index is 1.90. The minimum atomic E-state index is -0.623. The summed E-state index contributed by atoms with van der Waals surface area (Å²) in [4.78, 5) is 23.4. The van der Waals surface area contributed by atoms with Gasteiger partial charge in [0.25, 0.3) is 5.91 Å². The minimum Gasteiger partial charge on any atom is -0.481 e. The predicted molar refractivity (Wildman–Crippen MR) is 92.4 cm³/mol. The second-order valence-corrected chi connectivity index (χ2v) is 6.75. The number of aromatic nitrogens is 2. The summed E-state index contributed by atoms with van der Waals surface area (Å²) < 4.78 is 10.8. The van der Waals surface area contributed by atoms with Crippen LogP contribution in [0.4, 0.5) is 5.13 Å². The Hall–Kier alpha value is -2.13. The van der Waals surface area contributed by atoms with Crippen LogP contribution in [0.5, 0.6) is 5.75 Å². The summed E-state index contributed by atoms with van der Waals surface area (Å²) in [6.07, 6.45) is -0.105. The Morgan fingerprint density at radius 3 is 2.71 bits per heavy atom. The second-order valence-electron chi connectivity index (χ2n) is 4.55. The molecular formula is C15H17N3O4S2. The van der Waals surface area contributed by atoms with E-state index >= 15 is 0 Å². The zero-order valence-corrected chi connectivity index (χ0v) is 14.9. The molecule has 128 valence electrons. The second kappa shape index (κ2) is 9.24. The van der Waals surface area contributed by atoms with E-state index in [2.05, 4.69) is 20.3 Å². The van der Waals surface area contributed by atoms with Crippen LogP contribution in [0.25, 0.3) is 0 Å². The van der Waals surface area contributed by atoms with Crippen molar-refractivity contribution < 1.29 is 19.1 Å². The van der Waals surface area contributed by atoms with Gasteiger partial charge in [-0.2, -0.15) is 0 Å². The molecule has 0 fully saturated rings. The molecule has 7 nitrogen and oxygen atoms in total.